The van der Waals surface area contributed by atoms with Gasteiger partial charge in [-0.25, -0.2) is 0 Å². The first-order valence-corrected chi connectivity index (χ1v) is 5.23. The first-order valence-electron chi connectivity index (χ1n) is 5.23. The van der Waals surface area contributed by atoms with Crippen molar-refractivity contribution in [2.24, 2.45) is 23.2 Å². The van der Waals surface area contributed by atoms with E-state index in [0.717, 1.165) is 12.3 Å². The van der Waals surface area contributed by atoms with Crippen molar-refractivity contribution >= 4 is 5.97 Å². The fraction of sp³-hybridized carbons (Fsp3) is 0.909. The average molecular weight is 182 g/mol. The van der Waals surface area contributed by atoms with Crippen LogP contribution in [0, 0.1) is 23.2 Å². The summed E-state index contributed by atoms with van der Waals surface area (Å²) >= 11 is 0. The van der Waals surface area contributed by atoms with Gasteiger partial charge in [-0.15, -0.1) is 0 Å². The first-order chi connectivity index (χ1) is 6.01. The SMILES string of the molecule is CC1(C)[C@H]2CC[C@@H](CC(=O)O)[C@@H]1C2. The highest BCUT2D eigenvalue weighted by molar-refractivity contribution is 5.67. The molecule has 74 valence electrons. The summed E-state index contributed by atoms with van der Waals surface area (Å²) in [6, 6.07) is 0. The first kappa shape index (κ1) is 9.04. The zero-order valence-electron chi connectivity index (χ0n) is 8.42. The Balaban J connectivity index is 2.03. The summed E-state index contributed by atoms with van der Waals surface area (Å²) in [6.45, 7) is 4.61. The van der Waals surface area contributed by atoms with Crippen molar-refractivity contribution in [1.29, 1.82) is 0 Å². The summed E-state index contributed by atoms with van der Waals surface area (Å²) in [5, 5.41) is 8.77. The molecule has 3 saturated carbocycles. The smallest absolute Gasteiger partial charge is 0.303 e. The minimum atomic E-state index is -0.619. The van der Waals surface area contributed by atoms with Crippen molar-refractivity contribution in [2.45, 2.75) is 39.5 Å². The minimum Gasteiger partial charge on any atom is -0.481 e. The third-order valence-electron chi connectivity index (χ3n) is 4.44. The quantitative estimate of drug-likeness (QED) is 0.712. The summed E-state index contributed by atoms with van der Waals surface area (Å²) in [7, 11) is 0. The maximum atomic E-state index is 10.6. The number of hydrogen-bond acceptors (Lipinski definition) is 1. The third-order valence-corrected chi connectivity index (χ3v) is 4.44. The van der Waals surface area contributed by atoms with Crippen LogP contribution in [0.15, 0.2) is 0 Å². The van der Waals surface area contributed by atoms with Crippen molar-refractivity contribution in [3.63, 3.8) is 0 Å². The van der Waals surface area contributed by atoms with E-state index in [4.69, 9.17) is 5.11 Å². The lowest BCUT2D eigenvalue weighted by Gasteiger charge is -2.60. The van der Waals surface area contributed by atoms with Gasteiger partial charge in [-0.3, -0.25) is 4.79 Å². The average Bonchev–Trinajstić information content (AvgIpc) is 2.03. The number of hydrogen-bond donors (Lipinski definition) is 1. The molecule has 0 aliphatic heterocycles. The summed E-state index contributed by atoms with van der Waals surface area (Å²) < 4.78 is 0. The number of aliphatic carboxylic acids is 1. The predicted molar refractivity (Wildman–Crippen MR) is 50.4 cm³/mol. The van der Waals surface area contributed by atoms with Crippen molar-refractivity contribution in [1.82, 2.24) is 0 Å². The van der Waals surface area contributed by atoms with Crippen LogP contribution >= 0.6 is 0 Å². The number of carboxylic acid groups (broad SMARTS) is 1. The van der Waals surface area contributed by atoms with Gasteiger partial charge in [0.1, 0.15) is 0 Å². The molecular weight excluding hydrogens is 164 g/mol. The second kappa shape index (κ2) is 2.73. The van der Waals surface area contributed by atoms with Crippen LogP contribution in [-0.4, -0.2) is 11.1 Å². The molecule has 0 aromatic heterocycles. The number of carbonyl (C=O) groups is 1. The molecule has 0 unspecified atom stereocenters. The second-order valence-corrected chi connectivity index (χ2v) is 5.30. The maximum Gasteiger partial charge on any atom is 0.303 e. The van der Waals surface area contributed by atoms with Gasteiger partial charge < -0.3 is 5.11 Å². The van der Waals surface area contributed by atoms with Crippen LogP contribution in [0.4, 0.5) is 0 Å². The van der Waals surface area contributed by atoms with Gasteiger partial charge in [0, 0.05) is 6.42 Å². The van der Waals surface area contributed by atoms with E-state index >= 15 is 0 Å². The third kappa shape index (κ3) is 1.27. The number of carboxylic acids is 1. The van der Waals surface area contributed by atoms with Gasteiger partial charge in [0.2, 0.25) is 0 Å². The Morgan fingerprint density at radius 2 is 2.15 bits per heavy atom. The summed E-state index contributed by atoms with van der Waals surface area (Å²) in [5.74, 6) is 1.40. The topological polar surface area (TPSA) is 37.3 Å². The van der Waals surface area contributed by atoms with Crippen LogP contribution in [0.5, 0.6) is 0 Å². The predicted octanol–water partition coefficient (Wildman–Crippen LogP) is 2.53. The van der Waals surface area contributed by atoms with E-state index in [0.29, 0.717) is 23.7 Å². The highest BCUT2D eigenvalue weighted by Crippen LogP contribution is 2.61. The Morgan fingerprint density at radius 3 is 2.62 bits per heavy atom. The fourth-order valence-corrected chi connectivity index (χ4v) is 3.43. The lowest BCUT2D eigenvalue weighted by atomic mass is 9.45. The molecule has 3 rings (SSSR count). The Kier molecular flexibility index (Phi) is 1.90. The van der Waals surface area contributed by atoms with Crippen LogP contribution in [0.2, 0.25) is 0 Å². The summed E-state index contributed by atoms with van der Waals surface area (Å²) in [5.41, 5.74) is 0.429. The summed E-state index contributed by atoms with van der Waals surface area (Å²) in [6.07, 6.45) is 4.07. The number of fused-ring (bicyclic) bond motifs is 2. The van der Waals surface area contributed by atoms with Crippen LogP contribution in [0.1, 0.15) is 39.5 Å². The molecule has 2 heteroatoms. The van der Waals surface area contributed by atoms with E-state index in [1.807, 2.05) is 0 Å². The van der Waals surface area contributed by atoms with E-state index in [1.165, 1.54) is 12.8 Å². The Labute approximate surface area is 79.3 Å². The highest BCUT2D eigenvalue weighted by Gasteiger charge is 2.54. The molecule has 2 bridgehead atoms. The van der Waals surface area contributed by atoms with Gasteiger partial charge in [-0.1, -0.05) is 13.8 Å². The van der Waals surface area contributed by atoms with Crippen molar-refractivity contribution in [3.8, 4) is 0 Å². The molecule has 3 aliphatic rings. The van der Waals surface area contributed by atoms with Gasteiger partial charge in [0.25, 0.3) is 0 Å². The molecule has 0 heterocycles. The van der Waals surface area contributed by atoms with E-state index in [-0.39, 0.29) is 0 Å². The standard InChI is InChI=1S/C11H18O2/c1-11(2)8-4-3-7(5-10(12)13)9(11)6-8/h7-9H,3-6H2,1-2H3,(H,12,13)/t7-,8-,9-/m0/s1. The fourth-order valence-electron chi connectivity index (χ4n) is 3.43. The lowest BCUT2D eigenvalue weighted by Crippen LogP contribution is -2.52. The Morgan fingerprint density at radius 1 is 1.46 bits per heavy atom. The zero-order valence-corrected chi connectivity index (χ0v) is 8.42. The molecule has 3 aliphatic carbocycles. The Bertz CT molecular complexity index is 230. The van der Waals surface area contributed by atoms with E-state index in [2.05, 4.69) is 13.8 Å². The molecule has 0 aromatic rings. The van der Waals surface area contributed by atoms with Crippen molar-refractivity contribution < 1.29 is 9.90 Å². The van der Waals surface area contributed by atoms with Crippen LogP contribution in [0.25, 0.3) is 0 Å². The van der Waals surface area contributed by atoms with Gasteiger partial charge >= 0.3 is 5.97 Å². The highest BCUT2D eigenvalue weighted by atomic mass is 16.4. The molecule has 3 fully saturated rings. The molecule has 3 atom stereocenters. The van der Waals surface area contributed by atoms with E-state index in [1.54, 1.807) is 0 Å². The zero-order chi connectivity index (χ0) is 9.64. The minimum absolute atomic E-state index is 0.390. The number of rotatable bonds is 2. The monoisotopic (exact) mass is 182 g/mol. The molecule has 0 saturated heterocycles. The molecule has 0 radical (unpaired) electrons. The van der Waals surface area contributed by atoms with Crippen molar-refractivity contribution in [2.75, 3.05) is 0 Å². The van der Waals surface area contributed by atoms with Gasteiger partial charge in [0.05, 0.1) is 0 Å². The van der Waals surface area contributed by atoms with Gasteiger partial charge in [-0.05, 0) is 42.4 Å². The van der Waals surface area contributed by atoms with Gasteiger partial charge in [-0.2, -0.15) is 0 Å². The largest absolute Gasteiger partial charge is 0.481 e. The molecule has 2 nitrogen and oxygen atoms in total. The Hall–Kier alpha value is -0.530. The molecule has 0 spiro atoms. The maximum absolute atomic E-state index is 10.6. The van der Waals surface area contributed by atoms with E-state index < -0.39 is 5.97 Å². The normalized spacial score (nSPS) is 40.9. The van der Waals surface area contributed by atoms with Crippen LogP contribution in [-0.2, 0) is 4.79 Å². The lowest BCUT2D eigenvalue weighted by molar-refractivity contribution is -0.146. The molecule has 0 aromatic carbocycles. The van der Waals surface area contributed by atoms with Crippen LogP contribution < -0.4 is 0 Å². The molecule has 13 heavy (non-hydrogen) atoms. The molecule has 1 N–H and O–H groups in total. The summed E-state index contributed by atoms with van der Waals surface area (Å²) in [4.78, 5) is 10.6. The van der Waals surface area contributed by atoms with Crippen LogP contribution in [0.3, 0.4) is 0 Å². The molecule has 0 amide bonds. The molecular formula is C11H18O2. The van der Waals surface area contributed by atoms with Gasteiger partial charge in [0.15, 0.2) is 0 Å². The van der Waals surface area contributed by atoms with E-state index in [9.17, 15) is 4.79 Å². The van der Waals surface area contributed by atoms with Crippen molar-refractivity contribution in [3.05, 3.63) is 0 Å². The second-order valence-electron chi connectivity index (χ2n) is 5.30.